The van der Waals surface area contributed by atoms with Crippen LogP contribution in [0.3, 0.4) is 0 Å². The molecule has 122 valence electrons. The van der Waals surface area contributed by atoms with Crippen LogP contribution in [0.15, 0.2) is 0 Å². The second kappa shape index (κ2) is 7.88. The smallest absolute Gasteiger partial charge is 0.0793 e. The maximum atomic E-state index is 10.3. The van der Waals surface area contributed by atoms with Gasteiger partial charge in [-0.1, -0.05) is 12.8 Å². The lowest BCUT2D eigenvalue weighted by molar-refractivity contribution is 0.000614. The number of rotatable bonds is 5. The van der Waals surface area contributed by atoms with E-state index in [9.17, 15) is 5.11 Å². The first-order valence-corrected chi connectivity index (χ1v) is 8.76. The molecule has 1 atom stereocenters. The molecule has 0 radical (unpaired) electrons. The molecule has 0 aromatic rings. The molecule has 1 unspecified atom stereocenters. The van der Waals surface area contributed by atoms with Gasteiger partial charge in [-0.25, -0.2) is 0 Å². The Morgan fingerprint density at radius 1 is 0.857 bits per heavy atom. The monoisotopic (exact) mass is 297 g/mol. The second-order valence-electron chi connectivity index (χ2n) is 6.84. The molecule has 0 amide bonds. The van der Waals surface area contributed by atoms with E-state index in [4.69, 9.17) is 4.74 Å². The second-order valence-corrected chi connectivity index (χ2v) is 6.84. The Balaban J connectivity index is 1.34. The number of hydrogen-bond acceptors (Lipinski definition) is 5. The topological polar surface area (TPSA) is 39.2 Å². The van der Waals surface area contributed by atoms with E-state index in [0.717, 1.165) is 58.5 Å². The Labute approximate surface area is 128 Å². The Morgan fingerprint density at radius 2 is 1.43 bits per heavy atom. The largest absolute Gasteiger partial charge is 0.390 e. The van der Waals surface area contributed by atoms with E-state index in [1.54, 1.807) is 0 Å². The van der Waals surface area contributed by atoms with Crippen LogP contribution in [0.5, 0.6) is 0 Å². The summed E-state index contributed by atoms with van der Waals surface area (Å²) in [5.74, 6) is 0. The first-order chi connectivity index (χ1) is 10.3. The molecule has 1 N–H and O–H groups in total. The van der Waals surface area contributed by atoms with E-state index in [0.29, 0.717) is 0 Å². The van der Waals surface area contributed by atoms with E-state index in [1.165, 1.54) is 38.8 Å². The third-order valence-electron chi connectivity index (χ3n) is 5.29. The maximum absolute atomic E-state index is 10.3. The SMILES string of the molecule is OC(CN1CCOCC1)CN1CCN(C2CCCC2)CC1. The van der Waals surface area contributed by atoms with Crippen LogP contribution in [-0.2, 0) is 4.74 Å². The van der Waals surface area contributed by atoms with Crippen molar-refractivity contribution in [3.05, 3.63) is 0 Å². The van der Waals surface area contributed by atoms with Gasteiger partial charge < -0.3 is 9.84 Å². The number of β-amino-alcohol motifs (C(OH)–C–C–N with tert-alkyl or cyclic N) is 1. The minimum absolute atomic E-state index is 0.221. The van der Waals surface area contributed by atoms with Gasteiger partial charge in [0.25, 0.3) is 0 Å². The number of piperazine rings is 1. The van der Waals surface area contributed by atoms with E-state index >= 15 is 0 Å². The number of ether oxygens (including phenoxy) is 1. The highest BCUT2D eigenvalue weighted by Gasteiger charge is 2.27. The van der Waals surface area contributed by atoms with Crippen molar-refractivity contribution in [1.82, 2.24) is 14.7 Å². The lowest BCUT2D eigenvalue weighted by atomic mass is 10.1. The molecule has 5 heteroatoms. The van der Waals surface area contributed by atoms with Crippen molar-refractivity contribution in [2.24, 2.45) is 0 Å². The Morgan fingerprint density at radius 3 is 2.05 bits per heavy atom. The van der Waals surface area contributed by atoms with Gasteiger partial charge in [0, 0.05) is 58.4 Å². The third-order valence-corrected chi connectivity index (χ3v) is 5.29. The zero-order valence-corrected chi connectivity index (χ0v) is 13.3. The number of aliphatic hydroxyl groups excluding tert-OH is 1. The fourth-order valence-corrected chi connectivity index (χ4v) is 4.02. The standard InChI is InChI=1S/C16H31N3O2/c20-16(14-18-9-11-21-12-10-18)13-17-5-7-19(8-6-17)15-3-1-2-4-15/h15-16,20H,1-14H2. The highest BCUT2D eigenvalue weighted by atomic mass is 16.5. The lowest BCUT2D eigenvalue weighted by Crippen LogP contribution is -2.52. The van der Waals surface area contributed by atoms with Crippen LogP contribution < -0.4 is 0 Å². The summed E-state index contributed by atoms with van der Waals surface area (Å²) in [4.78, 5) is 7.44. The number of nitrogens with zero attached hydrogens (tertiary/aromatic N) is 3. The Hall–Kier alpha value is -0.200. The van der Waals surface area contributed by atoms with Crippen molar-refractivity contribution >= 4 is 0 Å². The Kier molecular flexibility index (Phi) is 5.89. The first-order valence-electron chi connectivity index (χ1n) is 8.76. The molecular weight excluding hydrogens is 266 g/mol. The van der Waals surface area contributed by atoms with Crippen molar-refractivity contribution in [2.45, 2.75) is 37.8 Å². The number of aliphatic hydroxyl groups is 1. The van der Waals surface area contributed by atoms with E-state index < -0.39 is 0 Å². The summed E-state index contributed by atoms with van der Waals surface area (Å²) in [6.45, 7) is 9.80. The van der Waals surface area contributed by atoms with Gasteiger partial charge in [-0.2, -0.15) is 0 Å². The third kappa shape index (κ3) is 4.63. The molecule has 2 saturated heterocycles. The van der Waals surface area contributed by atoms with Gasteiger partial charge in [0.1, 0.15) is 0 Å². The van der Waals surface area contributed by atoms with Crippen LogP contribution in [0.4, 0.5) is 0 Å². The van der Waals surface area contributed by atoms with Gasteiger partial charge in [-0.15, -0.1) is 0 Å². The normalized spacial score (nSPS) is 29.0. The molecule has 0 bridgehead atoms. The zero-order valence-electron chi connectivity index (χ0n) is 13.3. The molecule has 5 nitrogen and oxygen atoms in total. The molecule has 1 aliphatic carbocycles. The molecule has 3 fully saturated rings. The van der Waals surface area contributed by atoms with Crippen molar-refractivity contribution in [1.29, 1.82) is 0 Å². The fourth-order valence-electron chi connectivity index (χ4n) is 4.02. The summed E-state index contributed by atoms with van der Waals surface area (Å²) in [5, 5.41) is 10.3. The summed E-state index contributed by atoms with van der Waals surface area (Å²) in [5.41, 5.74) is 0. The maximum Gasteiger partial charge on any atom is 0.0793 e. The summed E-state index contributed by atoms with van der Waals surface area (Å²) in [6.07, 6.45) is 5.42. The number of morpholine rings is 1. The molecule has 21 heavy (non-hydrogen) atoms. The Bertz CT molecular complexity index is 296. The van der Waals surface area contributed by atoms with Crippen LogP contribution in [0, 0.1) is 0 Å². The highest BCUT2D eigenvalue weighted by Crippen LogP contribution is 2.24. The molecule has 2 aliphatic heterocycles. The number of hydrogen-bond donors (Lipinski definition) is 1. The van der Waals surface area contributed by atoms with Crippen LogP contribution >= 0.6 is 0 Å². The van der Waals surface area contributed by atoms with Gasteiger partial charge in [-0.3, -0.25) is 14.7 Å². The van der Waals surface area contributed by atoms with Crippen molar-refractivity contribution < 1.29 is 9.84 Å². The van der Waals surface area contributed by atoms with Crippen LogP contribution in [0.1, 0.15) is 25.7 Å². The molecule has 0 aromatic carbocycles. The van der Waals surface area contributed by atoms with Crippen LogP contribution in [-0.4, -0.2) is 97.5 Å². The molecule has 3 rings (SSSR count). The minimum Gasteiger partial charge on any atom is -0.390 e. The minimum atomic E-state index is -0.221. The summed E-state index contributed by atoms with van der Waals surface area (Å²) < 4.78 is 5.35. The van der Waals surface area contributed by atoms with E-state index in [2.05, 4.69) is 14.7 Å². The van der Waals surface area contributed by atoms with E-state index in [1.807, 2.05) is 0 Å². The zero-order chi connectivity index (χ0) is 14.5. The summed E-state index contributed by atoms with van der Waals surface area (Å²) in [7, 11) is 0. The average molecular weight is 297 g/mol. The summed E-state index contributed by atoms with van der Waals surface area (Å²) in [6, 6.07) is 0.852. The van der Waals surface area contributed by atoms with Gasteiger partial charge in [0.2, 0.25) is 0 Å². The molecule has 1 saturated carbocycles. The molecular formula is C16H31N3O2. The van der Waals surface area contributed by atoms with Gasteiger partial charge in [0.05, 0.1) is 19.3 Å². The molecule has 0 aromatic heterocycles. The van der Waals surface area contributed by atoms with Crippen molar-refractivity contribution in [3.63, 3.8) is 0 Å². The fraction of sp³-hybridized carbons (Fsp3) is 1.00. The predicted octanol–water partition coefficient (Wildman–Crippen LogP) is 0.240. The van der Waals surface area contributed by atoms with Gasteiger partial charge >= 0.3 is 0 Å². The molecule has 2 heterocycles. The molecule has 0 spiro atoms. The van der Waals surface area contributed by atoms with Gasteiger partial charge in [-0.05, 0) is 12.8 Å². The molecule has 3 aliphatic rings. The van der Waals surface area contributed by atoms with Gasteiger partial charge in [0.15, 0.2) is 0 Å². The quantitative estimate of drug-likeness (QED) is 0.787. The summed E-state index contributed by atoms with van der Waals surface area (Å²) >= 11 is 0. The van der Waals surface area contributed by atoms with Crippen LogP contribution in [0.2, 0.25) is 0 Å². The first kappa shape index (κ1) is 15.7. The lowest BCUT2D eigenvalue weighted by Gasteiger charge is -2.39. The van der Waals surface area contributed by atoms with Crippen LogP contribution in [0.25, 0.3) is 0 Å². The van der Waals surface area contributed by atoms with Crippen molar-refractivity contribution in [2.75, 3.05) is 65.6 Å². The predicted molar refractivity (Wildman–Crippen MR) is 83.5 cm³/mol. The highest BCUT2D eigenvalue weighted by molar-refractivity contribution is 4.83. The van der Waals surface area contributed by atoms with Crippen molar-refractivity contribution in [3.8, 4) is 0 Å². The van der Waals surface area contributed by atoms with E-state index in [-0.39, 0.29) is 6.10 Å². The average Bonchev–Trinajstić information content (AvgIpc) is 3.03.